The number of rotatable bonds is 8. The van der Waals surface area contributed by atoms with E-state index in [1.165, 1.54) is 17.7 Å². The summed E-state index contributed by atoms with van der Waals surface area (Å²) in [6, 6.07) is 14.5. The second-order valence-corrected chi connectivity index (χ2v) is 9.16. The van der Waals surface area contributed by atoms with Gasteiger partial charge in [-0.25, -0.2) is 0 Å². The van der Waals surface area contributed by atoms with Gasteiger partial charge in [-0.2, -0.15) is 0 Å². The van der Waals surface area contributed by atoms with E-state index in [4.69, 9.17) is 9.47 Å². The topological polar surface area (TPSA) is 50.8 Å². The number of fused-ring (bicyclic) bond motifs is 3. The third-order valence-corrected chi connectivity index (χ3v) is 6.85. The first kappa shape index (κ1) is 22.3. The van der Waals surface area contributed by atoms with E-state index in [1.807, 2.05) is 18.2 Å². The van der Waals surface area contributed by atoms with Crippen LogP contribution in [-0.2, 0) is 10.2 Å². The minimum absolute atomic E-state index is 0.0835. The molecular formula is C27H34N2O3. The van der Waals surface area contributed by atoms with Crippen molar-refractivity contribution >= 4 is 17.7 Å². The molecule has 2 aromatic rings. The predicted molar refractivity (Wildman–Crippen MR) is 129 cm³/mol. The predicted octanol–water partition coefficient (Wildman–Crippen LogP) is 5.29. The van der Waals surface area contributed by atoms with Gasteiger partial charge in [0.1, 0.15) is 5.66 Å². The van der Waals surface area contributed by atoms with Crippen molar-refractivity contribution in [2.24, 2.45) is 0 Å². The van der Waals surface area contributed by atoms with Crippen LogP contribution in [-0.4, -0.2) is 31.8 Å². The number of ether oxygens (including phenoxy) is 2. The highest BCUT2D eigenvalue weighted by atomic mass is 16.5. The van der Waals surface area contributed by atoms with Gasteiger partial charge in [0.2, 0.25) is 5.91 Å². The molecule has 5 heteroatoms. The molecule has 4 rings (SSSR count). The summed E-state index contributed by atoms with van der Waals surface area (Å²) < 4.78 is 11.5. The number of amides is 1. The third kappa shape index (κ3) is 3.74. The number of methoxy groups -OCH3 is 1. The van der Waals surface area contributed by atoms with Gasteiger partial charge in [-0.1, -0.05) is 64.0 Å². The molecule has 1 fully saturated rings. The SMILES string of the molecule is CCCCCOc1ccc(/C=C/[C@]23NC(=O)CCN2c2ccccc2C3(C)C)cc1OC. The van der Waals surface area contributed by atoms with Gasteiger partial charge in [-0.05, 0) is 41.8 Å². The zero-order chi connectivity index (χ0) is 22.8. The van der Waals surface area contributed by atoms with Crippen molar-refractivity contribution in [3.63, 3.8) is 0 Å². The molecule has 1 atom stereocenters. The maximum Gasteiger partial charge on any atom is 0.223 e. The monoisotopic (exact) mass is 434 g/mol. The Balaban J connectivity index is 1.64. The van der Waals surface area contributed by atoms with Crippen molar-refractivity contribution in [2.45, 2.75) is 57.5 Å². The first-order valence-electron chi connectivity index (χ1n) is 11.6. The second-order valence-electron chi connectivity index (χ2n) is 9.16. The average Bonchev–Trinajstić information content (AvgIpc) is 2.99. The number of unbranched alkanes of at least 4 members (excludes halogenated alkanes) is 2. The summed E-state index contributed by atoms with van der Waals surface area (Å²) in [6.45, 7) is 7.98. The molecule has 32 heavy (non-hydrogen) atoms. The first-order chi connectivity index (χ1) is 15.4. The van der Waals surface area contributed by atoms with Gasteiger partial charge in [-0.3, -0.25) is 4.79 Å². The van der Waals surface area contributed by atoms with Crippen molar-refractivity contribution in [3.8, 4) is 11.5 Å². The quantitative estimate of drug-likeness (QED) is 0.574. The van der Waals surface area contributed by atoms with Gasteiger partial charge in [-0.15, -0.1) is 0 Å². The van der Waals surface area contributed by atoms with E-state index in [9.17, 15) is 4.79 Å². The maximum absolute atomic E-state index is 12.5. The fourth-order valence-corrected chi connectivity index (χ4v) is 4.98. The Hall–Kier alpha value is -2.95. The number of carbonyl (C=O) groups is 1. The van der Waals surface area contributed by atoms with E-state index in [1.54, 1.807) is 7.11 Å². The minimum atomic E-state index is -0.616. The van der Waals surface area contributed by atoms with Gasteiger partial charge in [0.15, 0.2) is 11.5 Å². The van der Waals surface area contributed by atoms with Crippen LogP contribution in [0.15, 0.2) is 48.5 Å². The Bertz CT molecular complexity index is 1010. The molecule has 2 heterocycles. The van der Waals surface area contributed by atoms with Gasteiger partial charge in [0.05, 0.1) is 13.7 Å². The smallest absolute Gasteiger partial charge is 0.223 e. The normalized spacial score (nSPS) is 21.2. The van der Waals surface area contributed by atoms with Crippen molar-refractivity contribution in [1.29, 1.82) is 0 Å². The van der Waals surface area contributed by atoms with Gasteiger partial charge < -0.3 is 19.7 Å². The van der Waals surface area contributed by atoms with E-state index in [0.29, 0.717) is 19.6 Å². The molecule has 0 unspecified atom stereocenters. The summed E-state index contributed by atoms with van der Waals surface area (Å²) in [5, 5.41) is 3.32. The van der Waals surface area contributed by atoms with Crippen LogP contribution >= 0.6 is 0 Å². The van der Waals surface area contributed by atoms with Gasteiger partial charge >= 0.3 is 0 Å². The molecule has 0 saturated carbocycles. The van der Waals surface area contributed by atoms with Crippen molar-refractivity contribution in [3.05, 3.63) is 59.7 Å². The highest BCUT2D eigenvalue weighted by Gasteiger charge is 2.57. The molecule has 2 aromatic carbocycles. The molecule has 1 N–H and O–H groups in total. The van der Waals surface area contributed by atoms with E-state index < -0.39 is 5.66 Å². The molecule has 0 aromatic heterocycles. The van der Waals surface area contributed by atoms with E-state index in [-0.39, 0.29) is 11.3 Å². The van der Waals surface area contributed by atoms with Crippen LogP contribution in [0.4, 0.5) is 5.69 Å². The zero-order valence-corrected chi connectivity index (χ0v) is 19.6. The lowest BCUT2D eigenvalue weighted by atomic mass is 9.74. The summed E-state index contributed by atoms with van der Waals surface area (Å²) in [4.78, 5) is 14.9. The molecule has 0 radical (unpaired) electrons. The van der Waals surface area contributed by atoms with E-state index in [0.717, 1.165) is 29.9 Å². The summed E-state index contributed by atoms with van der Waals surface area (Å²) in [6.07, 6.45) is 8.08. The largest absolute Gasteiger partial charge is 0.493 e. The molecule has 0 bridgehead atoms. The Kier molecular flexibility index (Phi) is 6.18. The molecule has 1 saturated heterocycles. The number of anilines is 1. The summed E-state index contributed by atoms with van der Waals surface area (Å²) in [5.74, 6) is 1.57. The van der Waals surface area contributed by atoms with Crippen molar-refractivity contribution in [1.82, 2.24) is 5.32 Å². The minimum Gasteiger partial charge on any atom is -0.493 e. The Morgan fingerprint density at radius 3 is 2.72 bits per heavy atom. The second kappa shape index (κ2) is 8.89. The molecule has 5 nitrogen and oxygen atoms in total. The molecule has 0 aliphatic carbocycles. The highest BCUT2D eigenvalue weighted by molar-refractivity contribution is 5.84. The number of nitrogens with one attached hydrogen (secondary N) is 1. The van der Waals surface area contributed by atoms with Crippen LogP contribution in [0.3, 0.4) is 0 Å². The Morgan fingerprint density at radius 2 is 1.94 bits per heavy atom. The molecule has 0 spiro atoms. The number of hydrogen-bond donors (Lipinski definition) is 1. The van der Waals surface area contributed by atoms with Crippen LogP contribution in [0.25, 0.3) is 6.08 Å². The highest BCUT2D eigenvalue weighted by Crippen LogP contribution is 2.52. The lowest BCUT2D eigenvalue weighted by Gasteiger charge is -2.49. The van der Waals surface area contributed by atoms with Crippen LogP contribution in [0.5, 0.6) is 11.5 Å². The Morgan fingerprint density at radius 1 is 1.12 bits per heavy atom. The Labute approximate surface area is 191 Å². The third-order valence-electron chi connectivity index (χ3n) is 6.85. The molecular weight excluding hydrogens is 400 g/mol. The van der Waals surface area contributed by atoms with Crippen molar-refractivity contribution in [2.75, 3.05) is 25.2 Å². The van der Waals surface area contributed by atoms with Crippen LogP contribution in [0.2, 0.25) is 0 Å². The van der Waals surface area contributed by atoms with Gasteiger partial charge in [0, 0.05) is 24.1 Å². The summed E-state index contributed by atoms with van der Waals surface area (Å²) >= 11 is 0. The van der Waals surface area contributed by atoms with Crippen LogP contribution in [0.1, 0.15) is 57.6 Å². The average molecular weight is 435 g/mol. The van der Waals surface area contributed by atoms with Crippen molar-refractivity contribution < 1.29 is 14.3 Å². The molecule has 2 aliphatic rings. The van der Waals surface area contributed by atoms with E-state index >= 15 is 0 Å². The summed E-state index contributed by atoms with van der Waals surface area (Å²) in [5.41, 5.74) is 2.54. The fraction of sp³-hybridized carbons (Fsp3) is 0.444. The van der Waals surface area contributed by atoms with E-state index in [2.05, 4.69) is 67.4 Å². The fourth-order valence-electron chi connectivity index (χ4n) is 4.98. The first-order valence-corrected chi connectivity index (χ1v) is 11.6. The number of nitrogens with zero attached hydrogens (tertiary/aromatic N) is 1. The van der Waals surface area contributed by atoms with Crippen LogP contribution in [0, 0.1) is 0 Å². The number of hydrogen-bond acceptors (Lipinski definition) is 4. The molecule has 2 aliphatic heterocycles. The number of benzene rings is 2. The number of carbonyl (C=O) groups excluding carboxylic acids is 1. The number of para-hydroxylation sites is 1. The molecule has 170 valence electrons. The zero-order valence-electron chi connectivity index (χ0n) is 19.6. The lowest BCUT2D eigenvalue weighted by Crippen LogP contribution is -2.68. The maximum atomic E-state index is 12.5. The van der Waals surface area contributed by atoms with Gasteiger partial charge in [0.25, 0.3) is 0 Å². The van der Waals surface area contributed by atoms with Crippen LogP contribution < -0.4 is 19.7 Å². The summed E-state index contributed by atoms with van der Waals surface area (Å²) in [7, 11) is 1.67. The standard InChI is InChI=1S/C27H34N2O3/c1-5-6-9-18-32-23-13-12-20(19-24(23)31-4)14-16-27-26(2,3)21-10-7-8-11-22(21)29(27)17-15-25(30)28-27/h7-8,10-14,16,19H,5-6,9,15,17-18H2,1-4H3,(H,28,30)/b16-14+/t27-/m0/s1. The lowest BCUT2D eigenvalue weighted by molar-refractivity contribution is -0.124. The molecule has 1 amide bonds.